The monoisotopic (exact) mass is 428 g/mol. The Kier molecular flexibility index (Phi) is 6.11. The number of piperidine rings is 1. The van der Waals surface area contributed by atoms with Crippen LogP contribution < -0.4 is 5.32 Å². The number of thioether (sulfide) groups is 1. The average Bonchev–Trinajstić information content (AvgIpc) is 3.27. The highest BCUT2D eigenvalue weighted by Gasteiger charge is 2.25. The van der Waals surface area contributed by atoms with Gasteiger partial charge in [-0.2, -0.15) is 0 Å². The van der Waals surface area contributed by atoms with Crippen LogP contribution in [0.1, 0.15) is 23.2 Å². The first-order chi connectivity index (χ1) is 14.1. The number of amides is 2. The molecule has 150 valence electrons. The van der Waals surface area contributed by atoms with Crippen LogP contribution in [0.5, 0.6) is 0 Å². The third-order valence-electron chi connectivity index (χ3n) is 5.09. The van der Waals surface area contributed by atoms with Gasteiger partial charge in [-0.3, -0.25) is 9.59 Å². The smallest absolute Gasteiger partial charge is 0.257 e. The quantitative estimate of drug-likeness (QED) is 0.603. The first-order valence-corrected chi connectivity index (χ1v) is 10.9. The van der Waals surface area contributed by atoms with Crippen molar-refractivity contribution in [3.8, 4) is 0 Å². The van der Waals surface area contributed by atoms with Crippen molar-refractivity contribution in [3.05, 3.63) is 65.6 Å². The molecule has 1 aliphatic rings. The molecule has 3 aromatic rings. The fourth-order valence-corrected chi connectivity index (χ4v) is 4.85. The number of carbonyl (C=O) groups is 2. The number of benzene rings is 2. The van der Waals surface area contributed by atoms with Gasteiger partial charge in [-0.25, -0.2) is 0 Å². The fraction of sp³-hybridized carbons (Fsp3) is 0.273. The Bertz CT molecular complexity index is 1010. The summed E-state index contributed by atoms with van der Waals surface area (Å²) in [5.41, 5.74) is 0.567. The van der Waals surface area contributed by atoms with Crippen molar-refractivity contribution in [3.63, 3.8) is 0 Å². The van der Waals surface area contributed by atoms with Gasteiger partial charge in [0.1, 0.15) is 6.26 Å². The summed E-state index contributed by atoms with van der Waals surface area (Å²) in [5, 5.41) is 5.85. The maximum atomic E-state index is 12.4. The lowest BCUT2D eigenvalue weighted by Crippen LogP contribution is -2.46. The van der Waals surface area contributed by atoms with Gasteiger partial charge in [0, 0.05) is 34.4 Å². The van der Waals surface area contributed by atoms with Crippen LogP contribution in [0, 0.1) is 0 Å². The van der Waals surface area contributed by atoms with E-state index in [0.717, 1.165) is 28.5 Å². The zero-order valence-electron chi connectivity index (χ0n) is 15.8. The average molecular weight is 429 g/mol. The number of hydrogen-bond acceptors (Lipinski definition) is 4. The van der Waals surface area contributed by atoms with Crippen LogP contribution in [-0.2, 0) is 4.79 Å². The van der Waals surface area contributed by atoms with Gasteiger partial charge in [0.05, 0.1) is 17.6 Å². The van der Waals surface area contributed by atoms with Crippen LogP contribution >= 0.6 is 23.4 Å². The highest BCUT2D eigenvalue weighted by atomic mass is 35.5. The van der Waals surface area contributed by atoms with Gasteiger partial charge in [-0.1, -0.05) is 35.9 Å². The molecule has 1 aromatic heterocycles. The Morgan fingerprint density at radius 3 is 2.62 bits per heavy atom. The van der Waals surface area contributed by atoms with Crippen molar-refractivity contribution in [2.24, 2.45) is 0 Å². The van der Waals surface area contributed by atoms with E-state index in [1.165, 1.54) is 24.3 Å². The number of likely N-dealkylation sites (tertiary alicyclic amines) is 1. The highest BCUT2D eigenvalue weighted by Crippen LogP contribution is 2.33. The molecule has 4 rings (SSSR count). The molecule has 0 bridgehead atoms. The van der Waals surface area contributed by atoms with Crippen LogP contribution in [0.15, 0.2) is 64.3 Å². The van der Waals surface area contributed by atoms with Gasteiger partial charge in [-0.05, 0) is 36.4 Å². The normalized spacial score (nSPS) is 14.9. The topological polar surface area (TPSA) is 62.6 Å². The Morgan fingerprint density at radius 2 is 1.90 bits per heavy atom. The van der Waals surface area contributed by atoms with E-state index >= 15 is 0 Å². The Balaban J connectivity index is 1.29. The van der Waals surface area contributed by atoms with E-state index in [0.29, 0.717) is 29.4 Å². The maximum Gasteiger partial charge on any atom is 0.257 e. The van der Waals surface area contributed by atoms with Crippen LogP contribution in [0.4, 0.5) is 0 Å². The second kappa shape index (κ2) is 8.93. The van der Waals surface area contributed by atoms with Crippen LogP contribution in [0.25, 0.3) is 10.8 Å². The van der Waals surface area contributed by atoms with Crippen LogP contribution in [0.2, 0.25) is 5.02 Å². The third kappa shape index (κ3) is 4.60. The molecule has 5 nitrogen and oxygen atoms in total. The number of nitrogens with zero attached hydrogens (tertiary/aromatic N) is 1. The van der Waals surface area contributed by atoms with Gasteiger partial charge >= 0.3 is 0 Å². The highest BCUT2D eigenvalue weighted by molar-refractivity contribution is 8.00. The number of furan rings is 1. The predicted molar refractivity (Wildman–Crippen MR) is 115 cm³/mol. The predicted octanol–water partition coefficient (Wildman–Crippen LogP) is 4.60. The largest absolute Gasteiger partial charge is 0.472 e. The first-order valence-electron chi connectivity index (χ1n) is 9.52. The van der Waals surface area contributed by atoms with Gasteiger partial charge in [-0.15, -0.1) is 11.8 Å². The zero-order valence-corrected chi connectivity index (χ0v) is 17.3. The van der Waals surface area contributed by atoms with Gasteiger partial charge in [0.15, 0.2) is 0 Å². The van der Waals surface area contributed by atoms with Crippen molar-refractivity contribution < 1.29 is 14.0 Å². The molecule has 1 aliphatic heterocycles. The molecule has 0 atom stereocenters. The van der Waals surface area contributed by atoms with Gasteiger partial charge in [0.25, 0.3) is 5.91 Å². The summed E-state index contributed by atoms with van der Waals surface area (Å²) < 4.78 is 4.98. The molecule has 29 heavy (non-hydrogen) atoms. The summed E-state index contributed by atoms with van der Waals surface area (Å²) in [6.07, 6.45) is 4.47. The minimum absolute atomic E-state index is 0.00123. The lowest BCUT2D eigenvalue weighted by Gasteiger charge is -2.32. The fourth-order valence-electron chi connectivity index (χ4n) is 3.59. The van der Waals surface area contributed by atoms with Crippen molar-refractivity contribution in [2.75, 3.05) is 18.8 Å². The molecule has 1 saturated heterocycles. The molecule has 0 saturated carbocycles. The molecule has 2 heterocycles. The summed E-state index contributed by atoms with van der Waals surface area (Å²) in [7, 11) is 0. The van der Waals surface area contributed by atoms with Gasteiger partial charge in [0.2, 0.25) is 5.91 Å². The number of fused-ring (bicyclic) bond motifs is 1. The van der Waals surface area contributed by atoms with E-state index in [4.69, 9.17) is 16.0 Å². The molecular weight excluding hydrogens is 408 g/mol. The van der Waals surface area contributed by atoms with E-state index < -0.39 is 0 Å². The summed E-state index contributed by atoms with van der Waals surface area (Å²) in [6.45, 7) is 1.25. The maximum absolute atomic E-state index is 12.4. The van der Waals surface area contributed by atoms with Crippen molar-refractivity contribution >= 4 is 45.9 Å². The van der Waals surface area contributed by atoms with Crippen molar-refractivity contribution in [1.82, 2.24) is 10.2 Å². The molecule has 2 aromatic carbocycles. The molecule has 0 radical (unpaired) electrons. The Hall–Kier alpha value is -2.44. The molecule has 0 spiro atoms. The van der Waals surface area contributed by atoms with E-state index in [2.05, 4.69) is 5.32 Å². The molecule has 1 N–H and O–H groups in total. The number of nitrogens with one attached hydrogen (secondary N) is 1. The number of halogens is 1. The first kappa shape index (κ1) is 19.9. The number of rotatable bonds is 5. The number of hydrogen-bond donors (Lipinski definition) is 1. The minimum atomic E-state index is -0.0214. The lowest BCUT2D eigenvalue weighted by molar-refractivity contribution is -0.119. The zero-order chi connectivity index (χ0) is 20.2. The number of carbonyl (C=O) groups excluding carboxylic acids is 2. The summed E-state index contributed by atoms with van der Waals surface area (Å²) >= 11 is 7.85. The van der Waals surface area contributed by atoms with E-state index in [1.54, 1.807) is 11.0 Å². The molecule has 2 amide bonds. The summed E-state index contributed by atoms with van der Waals surface area (Å²) in [5.74, 6) is 0.309. The van der Waals surface area contributed by atoms with Crippen LogP contribution in [-0.4, -0.2) is 41.6 Å². The Labute approximate surface area is 178 Å². The molecule has 1 fully saturated rings. The van der Waals surface area contributed by atoms with E-state index in [9.17, 15) is 9.59 Å². The summed E-state index contributed by atoms with van der Waals surface area (Å²) in [4.78, 5) is 27.6. The lowest BCUT2D eigenvalue weighted by atomic mass is 10.0. The van der Waals surface area contributed by atoms with Crippen molar-refractivity contribution in [1.29, 1.82) is 0 Å². The van der Waals surface area contributed by atoms with E-state index in [-0.39, 0.29) is 17.9 Å². The standard InChI is InChI=1S/C22H21ClN2O3S/c23-18-5-1-3-15-4-2-6-19(21(15)18)29-14-20(26)24-17-7-10-25(11-8-17)22(27)16-9-12-28-13-16/h1-6,9,12-13,17H,7-8,10-11,14H2,(H,24,26). The Morgan fingerprint density at radius 1 is 1.14 bits per heavy atom. The van der Waals surface area contributed by atoms with Crippen LogP contribution in [0.3, 0.4) is 0 Å². The molecule has 7 heteroatoms. The molecule has 0 unspecified atom stereocenters. The SMILES string of the molecule is O=C(CSc1cccc2cccc(Cl)c12)NC1CCN(C(=O)c2ccoc2)CC1. The van der Waals surface area contributed by atoms with Gasteiger partial charge < -0.3 is 14.6 Å². The second-order valence-electron chi connectivity index (χ2n) is 7.03. The van der Waals surface area contributed by atoms with Crippen molar-refractivity contribution in [2.45, 2.75) is 23.8 Å². The molecular formula is C22H21ClN2O3S. The third-order valence-corrected chi connectivity index (χ3v) is 6.46. The van der Waals surface area contributed by atoms with E-state index in [1.807, 2.05) is 36.4 Å². The minimum Gasteiger partial charge on any atom is -0.472 e. The second-order valence-corrected chi connectivity index (χ2v) is 8.45. The summed E-state index contributed by atoms with van der Waals surface area (Å²) in [6, 6.07) is 13.6. The molecule has 0 aliphatic carbocycles.